The van der Waals surface area contributed by atoms with Gasteiger partial charge in [0.1, 0.15) is 0 Å². The minimum Gasteiger partial charge on any atom is -0.504 e. The molecule has 2 rings (SSSR count). The van der Waals surface area contributed by atoms with Gasteiger partial charge in [0, 0.05) is 11.7 Å². The van der Waals surface area contributed by atoms with Crippen LogP contribution in [0, 0.1) is 6.92 Å². The third-order valence-electron chi connectivity index (χ3n) is 3.00. The Balaban J connectivity index is 2.15. The van der Waals surface area contributed by atoms with E-state index < -0.39 is 0 Å². The highest BCUT2D eigenvalue weighted by Crippen LogP contribution is 2.29. The topological polar surface area (TPSA) is 54.4 Å². The molecule has 100 valence electrons. The van der Waals surface area contributed by atoms with Crippen LogP contribution >= 0.6 is 0 Å². The highest BCUT2D eigenvalue weighted by molar-refractivity contribution is 5.47. The lowest BCUT2D eigenvalue weighted by molar-refractivity contribution is 0.373. The lowest BCUT2D eigenvalue weighted by Crippen LogP contribution is -2.07. The summed E-state index contributed by atoms with van der Waals surface area (Å²) in [6.07, 6.45) is 1.81. The molecule has 0 amide bonds. The largest absolute Gasteiger partial charge is 0.504 e. The lowest BCUT2D eigenvalue weighted by atomic mass is 10.1. The molecule has 1 aromatic carbocycles. The molecule has 0 bridgehead atoms. The number of phenols is 1. The van der Waals surface area contributed by atoms with Crippen molar-refractivity contribution < 1.29 is 9.84 Å². The zero-order valence-electron chi connectivity index (χ0n) is 11.3. The van der Waals surface area contributed by atoms with E-state index in [1.165, 1.54) is 0 Å². The monoisotopic (exact) mass is 258 g/mol. The summed E-state index contributed by atoms with van der Waals surface area (Å²) < 4.78 is 5.11. The molecular formula is C15H18N2O2. The predicted octanol–water partition coefficient (Wildman–Crippen LogP) is 3.28. The Morgan fingerprint density at radius 2 is 2.05 bits per heavy atom. The maximum Gasteiger partial charge on any atom is 0.160 e. The minimum atomic E-state index is 0.0963. The molecule has 1 heterocycles. The number of aromatic nitrogens is 1. The fraction of sp³-hybridized carbons (Fsp3) is 0.267. The molecule has 0 aliphatic rings. The van der Waals surface area contributed by atoms with E-state index in [4.69, 9.17) is 4.74 Å². The van der Waals surface area contributed by atoms with Crippen LogP contribution in [-0.2, 0) is 0 Å². The average Bonchev–Trinajstić information content (AvgIpc) is 2.42. The summed E-state index contributed by atoms with van der Waals surface area (Å²) in [4.78, 5) is 4.25. The van der Waals surface area contributed by atoms with Crippen molar-refractivity contribution in [2.75, 3.05) is 12.4 Å². The van der Waals surface area contributed by atoms with Crippen LogP contribution in [0.1, 0.15) is 24.2 Å². The van der Waals surface area contributed by atoms with Crippen molar-refractivity contribution in [1.29, 1.82) is 0 Å². The molecule has 0 aliphatic carbocycles. The van der Waals surface area contributed by atoms with Gasteiger partial charge in [0.2, 0.25) is 0 Å². The molecule has 0 saturated heterocycles. The van der Waals surface area contributed by atoms with Crippen LogP contribution in [0.2, 0.25) is 0 Å². The Morgan fingerprint density at radius 3 is 2.68 bits per heavy atom. The summed E-state index contributed by atoms with van der Waals surface area (Å²) in [5.41, 5.74) is 2.99. The molecule has 4 nitrogen and oxygen atoms in total. The number of phenolic OH excluding ortho intramolecular Hbond substituents is 1. The average molecular weight is 258 g/mol. The van der Waals surface area contributed by atoms with Crippen molar-refractivity contribution in [2.45, 2.75) is 19.9 Å². The van der Waals surface area contributed by atoms with Gasteiger partial charge in [0.05, 0.1) is 19.0 Å². The van der Waals surface area contributed by atoms with Gasteiger partial charge in [-0.1, -0.05) is 6.07 Å². The summed E-state index contributed by atoms with van der Waals surface area (Å²) in [5, 5.41) is 12.9. The Bertz CT molecular complexity index is 553. The number of pyridine rings is 1. The normalized spacial score (nSPS) is 11.9. The van der Waals surface area contributed by atoms with Gasteiger partial charge in [-0.2, -0.15) is 0 Å². The maximum absolute atomic E-state index is 9.58. The Kier molecular flexibility index (Phi) is 3.90. The van der Waals surface area contributed by atoms with Crippen LogP contribution in [0.25, 0.3) is 0 Å². The van der Waals surface area contributed by atoms with Gasteiger partial charge in [-0.3, -0.25) is 4.98 Å². The minimum absolute atomic E-state index is 0.0963. The maximum atomic E-state index is 9.58. The number of nitrogens with one attached hydrogen (secondary N) is 1. The second kappa shape index (κ2) is 5.61. The standard InChI is InChI=1S/C15H18N2O2/c1-10-4-6-13(9-16-10)17-11(2)12-5-7-14(18)15(8-12)19-3/h4-9,11,17-18H,1-3H3. The lowest BCUT2D eigenvalue weighted by Gasteiger charge is -2.16. The van der Waals surface area contributed by atoms with Crippen LogP contribution in [0.15, 0.2) is 36.5 Å². The number of aromatic hydroxyl groups is 1. The quantitative estimate of drug-likeness (QED) is 0.883. The van der Waals surface area contributed by atoms with Crippen LogP contribution < -0.4 is 10.1 Å². The summed E-state index contributed by atoms with van der Waals surface area (Å²) >= 11 is 0. The highest BCUT2D eigenvalue weighted by Gasteiger charge is 2.09. The van der Waals surface area contributed by atoms with Crippen molar-refractivity contribution in [3.05, 3.63) is 47.8 Å². The van der Waals surface area contributed by atoms with E-state index in [0.717, 1.165) is 16.9 Å². The van der Waals surface area contributed by atoms with Crippen molar-refractivity contribution in [3.8, 4) is 11.5 Å². The Morgan fingerprint density at radius 1 is 1.26 bits per heavy atom. The molecule has 1 aromatic heterocycles. The molecule has 1 unspecified atom stereocenters. The molecule has 19 heavy (non-hydrogen) atoms. The van der Waals surface area contributed by atoms with E-state index >= 15 is 0 Å². The van der Waals surface area contributed by atoms with Gasteiger partial charge >= 0.3 is 0 Å². The molecule has 0 radical (unpaired) electrons. The molecule has 0 spiro atoms. The zero-order chi connectivity index (χ0) is 13.8. The van der Waals surface area contributed by atoms with E-state index in [9.17, 15) is 5.11 Å². The van der Waals surface area contributed by atoms with Crippen LogP contribution in [0.3, 0.4) is 0 Å². The smallest absolute Gasteiger partial charge is 0.160 e. The van der Waals surface area contributed by atoms with Gasteiger partial charge in [-0.05, 0) is 43.7 Å². The first-order valence-electron chi connectivity index (χ1n) is 6.16. The van der Waals surface area contributed by atoms with Crippen molar-refractivity contribution in [1.82, 2.24) is 4.98 Å². The van der Waals surface area contributed by atoms with Gasteiger partial charge < -0.3 is 15.2 Å². The first-order valence-corrected chi connectivity index (χ1v) is 6.16. The third kappa shape index (κ3) is 3.16. The summed E-state index contributed by atoms with van der Waals surface area (Å²) in [7, 11) is 1.54. The SMILES string of the molecule is COc1cc(C(C)Nc2ccc(C)nc2)ccc1O. The number of ether oxygens (including phenoxy) is 1. The van der Waals surface area contributed by atoms with E-state index in [2.05, 4.69) is 10.3 Å². The van der Waals surface area contributed by atoms with Crippen LogP contribution in [0.5, 0.6) is 11.5 Å². The first kappa shape index (κ1) is 13.2. The van der Waals surface area contributed by atoms with E-state index in [1.54, 1.807) is 13.2 Å². The highest BCUT2D eigenvalue weighted by atomic mass is 16.5. The number of rotatable bonds is 4. The number of aryl methyl sites for hydroxylation is 1. The summed E-state index contributed by atoms with van der Waals surface area (Å²) in [6, 6.07) is 9.40. The van der Waals surface area contributed by atoms with Gasteiger partial charge in [-0.15, -0.1) is 0 Å². The van der Waals surface area contributed by atoms with Crippen molar-refractivity contribution in [2.24, 2.45) is 0 Å². The molecule has 0 aliphatic heterocycles. The van der Waals surface area contributed by atoms with Crippen molar-refractivity contribution >= 4 is 5.69 Å². The number of methoxy groups -OCH3 is 1. The molecular weight excluding hydrogens is 240 g/mol. The fourth-order valence-electron chi connectivity index (χ4n) is 1.85. The number of benzene rings is 1. The zero-order valence-corrected chi connectivity index (χ0v) is 11.3. The summed E-state index contributed by atoms with van der Waals surface area (Å²) in [6.45, 7) is 4.00. The van der Waals surface area contributed by atoms with E-state index in [-0.39, 0.29) is 11.8 Å². The fourth-order valence-corrected chi connectivity index (χ4v) is 1.85. The predicted molar refractivity (Wildman–Crippen MR) is 75.7 cm³/mol. The second-order valence-electron chi connectivity index (χ2n) is 4.49. The van der Waals surface area contributed by atoms with Gasteiger partial charge in [0.25, 0.3) is 0 Å². The third-order valence-corrected chi connectivity index (χ3v) is 3.00. The molecule has 0 saturated carbocycles. The number of hydrogen-bond donors (Lipinski definition) is 2. The Labute approximate surface area is 113 Å². The second-order valence-corrected chi connectivity index (χ2v) is 4.49. The van der Waals surface area contributed by atoms with Crippen LogP contribution in [-0.4, -0.2) is 17.2 Å². The van der Waals surface area contributed by atoms with Crippen molar-refractivity contribution in [3.63, 3.8) is 0 Å². The number of hydrogen-bond acceptors (Lipinski definition) is 4. The van der Waals surface area contributed by atoms with Crippen LogP contribution in [0.4, 0.5) is 5.69 Å². The van der Waals surface area contributed by atoms with E-state index in [0.29, 0.717) is 5.75 Å². The molecule has 0 fully saturated rings. The summed E-state index contributed by atoms with van der Waals surface area (Å²) in [5.74, 6) is 0.628. The first-order chi connectivity index (χ1) is 9.10. The number of nitrogens with zero attached hydrogens (tertiary/aromatic N) is 1. The molecule has 1 atom stereocenters. The number of anilines is 1. The van der Waals surface area contributed by atoms with E-state index in [1.807, 2.05) is 44.3 Å². The Hall–Kier alpha value is -2.23. The molecule has 4 heteroatoms. The van der Waals surface area contributed by atoms with Gasteiger partial charge in [-0.25, -0.2) is 0 Å². The molecule has 2 aromatic rings. The molecule has 2 N–H and O–H groups in total. The van der Waals surface area contributed by atoms with Gasteiger partial charge in [0.15, 0.2) is 11.5 Å².